The van der Waals surface area contributed by atoms with E-state index in [-0.39, 0.29) is 30.0 Å². The van der Waals surface area contributed by atoms with Gasteiger partial charge in [-0.15, -0.1) is 34.2 Å². The fraction of sp³-hybridized carbons (Fsp3) is 0.409. The number of aliphatic imine (C=N–C) groups is 1. The molecule has 0 spiro atoms. The van der Waals surface area contributed by atoms with Gasteiger partial charge in [0.05, 0.1) is 32.9 Å². The number of hydrogen-bond acceptors (Lipinski definition) is 6. The Kier molecular flexibility index (Phi) is 9.06. The summed E-state index contributed by atoms with van der Waals surface area (Å²) in [4.78, 5) is 6.82. The molecule has 1 aromatic carbocycles. The summed E-state index contributed by atoms with van der Waals surface area (Å²) >= 11 is 0. The normalized spacial score (nSPS) is 15.8. The van der Waals surface area contributed by atoms with Crippen molar-refractivity contribution in [2.45, 2.75) is 12.6 Å². The number of aromatic nitrogens is 3. The summed E-state index contributed by atoms with van der Waals surface area (Å²) in [6.45, 7) is 4.54. The zero-order valence-electron chi connectivity index (χ0n) is 18.4. The molecule has 172 valence electrons. The second kappa shape index (κ2) is 12.0. The summed E-state index contributed by atoms with van der Waals surface area (Å²) in [5, 5.41) is 15.3. The summed E-state index contributed by atoms with van der Waals surface area (Å²) < 4.78 is 12.8. The zero-order chi connectivity index (χ0) is 21.5. The van der Waals surface area contributed by atoms with Gasteiger partial charge in [-0.25, -0.2) is 0 Å². The van der Waals surface area contributed by atoms with Crippen LogP contribution in [0.1, 0.15) is 17.4 Å². The molecule has 3 heterocycles. The maximum Gasteiger partial charge on any atom is 0.191 e. The standard InChI is InChI=1S/C22H29N7O2.HI/c1-23-22(25-16-21-27-26-20-5-3-4-10-29(20)21)24-15-19(28-11-13-31-14-12-28)17-6-8-18(30-2)9-7-17;/h3-10,19H,11-16H2,1-2H3,(H2,23,24,25);1H. The minimum absolute atomic E-state index is 0. The van der Waals surface area contributed by atoms with Gasteiger partial charge in [-0.3, -0.25) is 14.3 Å². The van der Waals surface area contributed by atoms with Gasteiger partial charge in [-0.1, -0.05) is 18.2 Å². The van der Waals surface area contributed by atoms with Gasteiger partial charge in [0.25, 0.3) is 0 Å². The van der Waals surface area contributed by atoms with Gasteiger partial charge in [0.1, 0.15) is 5.75 Å². The zero-order valence-corrected chi connectivity index (χ0v) is 20.7. The molecule has 0 saturated carbocycles. The van der Waals surface area contributed by atoms with Crippen LogP contribution in [-0.4, -0.2) is 72.5 Å². The van der Waals surface area contributed by atoms with Crippen LogP contribution in [0.2, 0.25) is 0 Å². The Balaban J connectivity index is 0.00000289. The molecule has 0 bridgehead atoms. The molecule has 1 atom stereocenters. The van der Waals surface area contributed by atoms with E-state index in [1.165, 1.54) is 5.56 Å². The van der Waals surface area contributed by atoms with Crippen molar-refractivity contribution in [1.82, 2.24) is 30.1 Å². The number of fused-ring (bicyclic) bond motifs is 1. The predicted octanol–water partition coefficient (Wildman–Crippen LogP) is 2.09. The third-order valence-electron chi connectivity index (χ3n) is 5.47. The number of ether oxygens (including phenoxy) is 2. The molecule has 4 rings (SSSR count). The van der Waals surface area contributed by atoms with Gasteiger partial charge in [0.2, 0.25) is 0 Å². The van der Waals surface area contributed by atoms with Crippen molar-refractivity contribution in [3.8, 4) is 5.75 Å². The van der Waals surface area contributed by atoms with Crippen LogP contribution in [0.15, 0.2) is 53.7 Å². The maximum absolute atomic E-state index is 5.55. The van der Waals surface area contributed by atoms with E-state index in [0.717, 1.165) is 49.5 Å². The highest BCUT2D eigenvalue weighted by Gasteiger charge is 2.23. The van der Waals surface area contributed by atoms with Crippen molar-refractivity contribution in [3.05, 3.63) is 60.0 Å². The lowest BCUT2D eigenvalue weighted by molar-refractivity contribution is 0.0170. The van der Waals surface area contributed by atoms with Crippen LogP contribution >= 0.6 is 24.0 Å². The number of halogens is 1. The smallest absolute Gasteiger partial charge is 0.191 e. The maximum atomic E-state index is 5.55. The fourth-order valence-corrected chi connectivity index (χ4v) is 3.76. The highest BCUT2D eigenvalue weighted by Crippen LogP contribution is 2.23. The summed E-state index contributed by atoms with van der Waals surface area (Å²) in [5.41, 5.74) is 2.06. The summed E-state index contributed by atoms with van der Waals surface area (Å²) in [6, 6.07) is 14.3. The Hall–Kier alpha value is -2.44. The molecule has 1 unspecified atom stereocenters. The largest absolute Gasteiger partial charge is 0.497 e. The molecular formula is C22H30IN7O2. The number of pyridine rings is 1. The number of guanidine groups is 1. The van der Waals surface area contributed by atoms with E-state index in [4.69, 9.17) is 9.47 Å². The highest BCUT2D eigenvalue weighted by atomic mass is 127. The van der Waals surface area contributed by atoms with Crippen LogP contribution in [0.4, 0.5) is 0 Å². The van der Waals surface area contributed by atoms with Crippen molar-refractivity contribution >= 4 is 35.6 Å². The first kappa shape index (κ1) is 24.2. The van der Waals surface area contributed by atoms with Crippen molar-refractivity contribution in [3.63, 3.8) is 0 Å². The van der Waals surface area contributed by atoms with Crippen molar-refractivity contribution in [2.24, 2.45) is 4.99 Å². The van der Waals surface area contributed by atoms with Crippen molar-refractivity contribution in [1.29, 1.82) is 0 Å². The lowest BCUT2D eigenvalue weighted by atomic mass is 10.0. The average molecular weight is 551 g/mol. The molecule has 1 aliphatic heterocycles. The molecule has 0 amide bonds. The van der Waals surface area contributed by atoms with Gasteiger partial charge in [0.15, 0.2) is 17.4 Å². The summed E-state index contributed by atoms with van der Waals surface area (Å²) in [6.07, 6.45) is 1.96. The van der Waals surface area contributed by atoms with Crippen molar-refractivity contribution in [2.75, 3.05) is 47.0 Å². The molecule has 1 aliphatic rings. The van der Waals surface area contributed by atoms with Crippen LogP contribution in [-0.2, 0) is 11.3 Å². The Bertz CT molecular complexity index is 1000. The van der Waals surface area contributed by atoms with Crippen LogP contribution < -0.4 is 15.4 Å². The third kappa shape index (κ3) is 5.87. The van der Waals surface area contributed by atoms with E-state index in [1.54, 1.807) is 14.2 Å². The molecule has 0 aliphatic carbocycles. The number of hydrogen-bond donors (Lipinski definition) is 2. The monoisotopic (exact) mass is 551 g/mol. The first-order valence-corrected chi connectivity index (χ1v) is 10.5. The van der Waals surface area contributed by atoms with E-state index in [2.05, 4.69) is 42.9 Å². The minimum atomic E-state index is 0. The Morgan fingerprint density at radius 1 is 1.12 bits per heavy atom. The number of methoxy groups -OCH3 is 1. The molecule has 32 heavy (non-hydrogen) atoms. The summed E-state index contributed by atoms with van der Waals surface area (Å²) in [5.74, 6) is 2.41. The molecule has 3 aromatic rings. The van der Waals surface area contributed by atoms with Crippen LogP contribution in [0, 0.1) is 0 Å². The van der Waals surface area contributed by atoms with Gasteiger partial charge < -0.3 is 20.1 Å². The number of benzene rings is 1. The van der Waals surface area contributed by atoms with E-state index < -0.39 is 0 Å². The third-order valence-corrected chi connectivity index (χ3v) is 5.47. The molecule has 1 saturated heterocycles. The molecule has 2 N–H and O–H groups in total. The highest BCUT2D eigenvalue weighted by molar-refractivity contribution is 14.0. The number of morpholine rings is 1. The number of rotatable bonds is 7. The Morgan fingerprint density at radius 3 is 2.62 bits per heavy atom. The van der Waals surface area contributed by atoms with Crippen LogP contribution in [0.25, 0.3) is 5.65 Å². The molecule has 10 heteroatoms. The molecule has 9 nitrogen and oxygen atoms in total. The van der Waals surface area contributed by atoms with Crippen LogP contribution in [0.3, 0.4) is 0 Å². The SMILES string of the molecule is CN=C(NCc1nnc2ccccn12)NCC(c1ccc(OC)cc1)N1CCOCC1.I. The lowest BCUT2D eigenvalue weighted by Gasteiger charge is -2.35. The summed E-state index contributed by atoms with van der Waals surface area (Å²) in [7, 11) is 3.46. The van der Waals surface area contributed by atoms with Gasteiger partial charge in [-0.2, -0.15) is 0 Å². The van der Waals surface area contributed by atoms with E-state index in [0.29, 0.717) is 13.1 Å². The Labute approximate surface area is 205 Å². The predicted molar refractivity (Wildman–Crippen MR) is 135 cm³/mol. The molecular weight excluding hydrogens is 521 g/mol. The van der Waals surface area contributed by atoms with Gasteiger partial charge >= 0.3 is 0 Å². The fourth-order valence-electron chi connectivity index (χ4n) is 3.76. The van der Waals surface area contributed by atoms with Crippen molar-refractivity contribution < 1.29 is 9.47 Å². The average Bonchev–Trinajstić information content (AvgIpc) is 3.25. The molecule has 1 fully saturated rings. The first-order valence-electron chi connectivity index (χ1n) is 10.5. The first-order chi connectivity index (χ1) is 15.3. The Morgan fingerprint density at radius 2 is 1.91 bits per heavy atom. The number of nitrogens with one attached hydrogen (secondary N) is 2. The second-order valence-corrected chi connectivity index (χ2v) is 7.29. The topological polar surface area (TPSA) is 88.3 Å². The van der Waals surface area contributed by atoms with Crippen LogP contribution in [0.5, 0.6) is 5.75 Å². The number of nitrogens with zero attached hydrogens (tertiary/aromatic N) is 5. The van der Waals surface area contributed by atoms with Gasteiger partial charge in [0, 0.05) is 32.9 Å². The van der Waals surface area contributed by atoms with Gasteiger partial charge in [-0.05, 0) is 29.8 Å². The van der Waals surface area contributed by atoms with E-state index >= 15 is 0 Å². The molecule has 0 radical (unpaired) electrons. The minimum Gasteiger partial charge on any atom is -0.497 e. The van der Waals surface area contributed by atoms with E-state index in [1.807, 2.05) is 40.9 Å². The lowest BCUT2D eigenvalue weighted by Crippen LogP contribution is -2.46. The second-order valence-electron chi connectivity index (χ2n) is 7.29. The molecule has 2 aromatic heterocycles. The van der Waals surface area contributed by atoms with E-state index in [9.17, 15) is 0 Å². The quantitative estimate of drug-likeness (QED) is 0.264.